The van der Waals surface area contributed by atoms with Crippen LogP contribution in [-0.2, 0) is 24.8 Å². The maximum absolute atomic E-state index is 12.4. The van der Waals surface area contributed by atoms with Gasteiger partial charge in [-0.05, 0) is 43.0 Å². The average molecular weight is 390 g/mol. The van der Waals surface area contributed by atoms with Crippen molar-refractivity contribution >= 4 is 26.0 Å². The highest BCUT2D eigenvalue weighted by Crippen LogP contribution is 2.22. The van der Waals surface area contributed by atoms with Crippen LogP contribution in [0.4, 0.5) is 0 Å². The second kappa shape index (κ2) is 7.40. The Morgan fingerprint density at radius 2 is 1.52 bits per heavy atom. The number of carboxylic acids is 1. The molecule has 1 aromatic rings. The summed E-state index contributed by atoms with van der Waals surface area (Å²) in [5.41, 5.74) is 0. The van der Waals surface area contributed by atoms with Crippen LogP contribution in [0.2, 0.25) is 0 Å². The molecule has 0 aromatic heterocycles. The molecule has 25 heavy (non-hydrogen) atoms. The standard InChI is InChI=1S/C15H22N2O6S2/c1-11(2)14(15(18)19)16-24(20,21)12-5-7-13(8-6-12)25(22,23)17-9-3-4-10-17/h5-8,11,14,16H,3-4,9-10H2,1-2H3,(H,18,19)/t14-/m0/s1. The fraction of sp³-hybridized carbons (Fsp3) is 0.533. The lowest BCUT2D eigenvalue weighted by molar-refractivity contribution is -0.140. The number of rotatable bonds is 7. The number of hydrogen-bond acceptors (Lipinski definition) is 5. The van der Waals surface area contributed by atoms with Crippen molar-refractivity contribution in [2.45, 2.75) is 42.5 Å². The Kier molecular flexibility index (Phi) is 5.87. The zero-order valence-corrected chi connectivity index (χ0v) is 15.7. The minimum absolute atomic E-state index is 0.0204. The number of hydrogen-bond donors (Lipinski definition) is 2. The van der Waals surface area contributed by atoms with Gasteiger partial charge in [-0.2, -0.15) is 9.03 Å². The van der Waals surface area contributed by atoms with Gasteiger partial charge in [0.25, 0.3) is 0 Å². The Morgan fingerprint density at radius 3 is 1.96 bits per heavy atom. The summed E-state index contributed by atoms with van der Waals surface area (Å²) >= 11 is 0. The SMILES string of the molecule is CC(C)[C@H](NS(=O)(=O)c1ccc(S(=O)(=O)N2CCCC2)cc1)C(=O)O. The van der Waals surface area contributed by atoms with E-state index in [1.807, 2.05) is 0 Å². The van der Waals surface area contributed by atoms with E-state index in [0.29, 0.717) is 13.1 Å². The van der Waals surface area contributed by atoms with Crippen molar-refractivity contribution in [2.24, 2.45) is 5.92 Å². The van der Waals surface area contributed by atoms with Gasteiger partial charge in [-0.1, -0.05) is 13.8 Å². The fourth-order valence-corrected chi connectivity index (χ4v) is 5.43. The number of carbonyl (C=O) groups is 1. The number of nitrogens with zero attached hydrogens (tertiary/aromatic N) is 1. The Morgan fingerprint density at radius 1 is 1.04 bits per heavy atom. The lowest BCUT2D eigenvalue weighted by Crippen LogP contribution is -2.44. The molecule has 0 unspecified atom stereocenters. The quantitative estimate of drug-likeness (QED) is 0.712. The average Bonchev–Trinajstić information content (AvgIpc) is 3.07. The summed E-state index contributed by atoms with van der Waals surface area (Å²) in [4.78, 5) is 11.0. The molecule has 1 aliphatic rings. The van der Waals surface area contributed by atoms with Gasteiger partial charge in [0, 0.05) is 13.1 Å². The predicted octanol–water partition coefficient (Wildman–Crippen LogP) is 0.859. The van der Waals surface area contributed by atoms with E-state index >= 15 is 0 Å². The molecule has 0 amide bonds. The van der Waals surface area contributed by atoms with Gasteiger partial charge >= 0.3 is 5.97 Å². The summed E-state index contributed by atoms with van der Waals surface area (Å²) in [6, 6.07) is 3.54. The second-order valence-electron chi connectivity index (χ2n) is 6.26. The molecule has 2 N–H and O–H groups in total. The summed E-state index contributed by atoms with van der Waals surface area (Å²) < 4.78 is 53.0. The molecule has 8 nitrogen and oxygen atoms in total. The van der Waals surface area contributed by atoms with E-state index in [4.69, 9.17) is 5.11 Å². The minimum atomic E-state index is -4.07. The van der Waals surface area contributed by atoms with Gasteiger partial charge in [-0.3, -0.25) is 4.79 Å². The molecule has 0 bridgehead atoms. The summed E-state index contributed by atoms with van der Waals surface area (Å²) in [6.07, 6.45) is 1.61. The minimum Gasteiger partial charge on any atom is -0.480 e. The Labute approximate surface area is 147 Å². The summed E-state index contributed by atoms with van der Waals surface area (Å²) in [5.74, 6) is -1.71. The number of carboxylic acid groups (broad SMARTS) is 1. The van der Waals surface area contributed by atoms with Crippen molar-refractivity contribution in [3.8, 4) is 0 Å². The Bertz CT molecular complexity index is 825. The van der Waals surface area contributed by atoms with E-state index in [1.165, 1.54) is 28.6 Å². The number of nitrogens with one attached hydrogen (secondary N) is 1. The third-order valence-electron chi connectivity index (χ3n) is 4.05. The molecule has 0 spiro atoms. The Balaban J connectivity index is 2.25. The van der Waals surface area contributed by atoms with Crippen molar-refractivity contribution in [3.63, 3.8) is 0 Å². The van der Waals surface area contributed by atoms with Crippen LogP contribution in [0, 0.1) is 5.92 Å². The zero-order valence-electron chi connectivity index (χ0n) is 14.0. The highest BCUT2D eigenvalue weighted by Gasteiger charge is 2.30. The first kappa shape index (κ1) is 19.8. The van der Waals surface area contributed by atoms with E-state index < -0.39 is 38.0 Å². The van der Waals surface area contributed by atoms with E-state index in [9.17, 15) is 21.6 Å². The van der Waals surface area contributed by atoms with Crippen LogP contribution in [0.5, 0.6) is 0 Å². The number of sulfonamides is 2. The van der Waals surface area contributed by atoms with Crippen molar-refractivity contribution in [2.75, 3.05) is 13.1 Å². The zero-order chi connectivity index (χ0) is 18.8. The number of aliphatic carboxylic acids is 1. The molecule has 0 aliphatic carbocycles. The molecular weight excluding hydrogens is 368 g/mol. The van der Waals surface area contributed by atoms with Crippen LogP contribution >= 0.6 is 0 Å². The van der Waals surface area contributed by atoms with Gasteiger partial charge < -0.3 is 5.11 Å². The van der Waals surface area contributed by atoms with Crippen molar-refractivity contribution < 1.29 is 26.7 Å². The molecule has 1 aliphatic heterocycles. The molecule has 1 fully saturated rings. The first-order valence-corrected chi connectivity index (χ1v) is 10.8. The second-order valence-corrected chi connectivity index (χ2v) is 9.92. The van der Waals surface area contributed by atoms with Gasteiger partial charge in [0.05, 0.1) is 9.79 Å². The van der Waals surface area contributed by atoms with Gasteiger partial charge in [0.15, 0.2) is 0 Å². The fourth-order valence-electron chi connectivity index (χ4n) is 2.58. The molecule has 1 atom stereocenters. The van der Waals surface area contributed by atoms with E-state index in [1.54, 1.807) is 13.8 Å². The van der Waals surface area contributed by atoms with Crippen LogP contribution in [0.1, 0.15) is 26.7 Å². The van der Waals surface area contributed by atoms with Crippen LogP contribution < -0.4 is 4.72 Å². The third kappa shape index (κ3) is 4.38. The third-order valence-corrected chi connectivity index (χ3v) is 7.42. The molecule has 0 saturated carbocycles. The first-order valence-electron chi connectivity index (χ1n) is 7.91. The molecule has 0 radical (unpaired) electrons. The first-order chi connectivity index (χ1) is 11.6. The van der Waals surface area contributed by atoms with Crippen LogP contribution in [0.3, 0.4) is 0 Å². The highest BCUT2D eigenvalue weighted by molar-refractivity contribution is 7.89. The summed E-state index contributed by atoms with van der Waals surface area (Å²) in [6.45, 7) is 4.09. The lowest BCUT2D eigenvalue weighted by atomic mass is 10.1. The van der Waals surface area contributed by atoms with Crippen LogP contribution in [-0.4, -0.2) is 51.3 Å². The molecule has 140 valence electrons. The van der Waals surface area contributed by atoms with Gasteiger partial charge in [0.1, 0.15) is 6.04 Å². The smallest absolute Gasteiger partial charge is 0.322 e. The topological polar surface area (TPSA) is 121 Å². The van der Waals surface area contributed by atoms with Gasteiger partial charge in [0.2, 0.25) is 20.0 Å². The molecule has 10 heteroatoms. The van der Waals surface area contributed by atoms with Crippen molar-refractivity contribution in [1.29, 1.82) is 0 Å². The summed E-state index contributed by atoms with van der Waals surface area (Å²) in [7, 11) is -7.70. The number of benzene rings is 1. The monoisotopic (exact) mass is 390 g/mol. The van der Waals surface area contributed by atoms with Crippen LogP contribution in [0.15, 0.2) is 34.1 Å². The molecular formula is C15H22N2O6S2. The lowest BCUT2D eigenvalue weighted by Gasteiger charge is -2.18. The summed E-state index contributed by atoms with van der Waals surface area (Å²) in [5, 5.41) is 9.11. The van der Waals surface area contributed by atoms with E-state index in [2.05, 4.69) is 4.72 Å². The normalized spacial score (nSPS) is 17.7. The van der Waals surface area contributed by atoms with Gasteiger partial charge in [-0.25, -0.2) is 16.8 Å². The van der Waals surface area contributed by atoms with Crippen LogP contribution in [0.25, 0.3) is 0 Å². The van der Waals surface area contributed by atoms with Crippen molar-refractivity contribution in [1.82, 2.24) is 9.03 Å². The highest BCUT2D eigenvalue weighted by atomic mass is 32.2. The Hall–Kier alpha value is -1.49. The molecule has 1 heterocycles. The van der Waals surface area contributed by atoms with Gasteiger partial charge in [-0.15, -0.1) is 0 Å². The molecule has 1 saturated heterocycles. The predicted molar refractivity (Wildman–Crippen MR) is 91.0 cm³/mol. The molecule has 2 rings (SSSR count). The maximum atomic E-state index is 12.4. The van der Waals surface area contributed by atoms with Crippen molar-refractivity contribution in [3.05, 3.63) is 24.3 Å². The molecule has 1 aromatic carbocycles. The maximum Gasteiger partial charge on any atom is 0.322 e. The van der Waals surface area contributed by atoms with E-state index in [-0.39, 0.29) is 9.79 Å². The largest absolute Gasteiger partial charge is 0.480 e. The van der Waals surface area contributed by atoms with E-state index in [0.717, 1.165) is 12.8 Å².